The van der Waals surface area contributed by atoms with Crippen molar-refractivity contribution in [2.24, 2.45) is 0 Å². The highest BCUT2D eigenvalue weighted by Gasteiger charge is 2.28. The fourth-order valence-corrected chi connectivity index (χ4v) is 5.77. The summed E-state index contributed by atoms with van der Waals surface area (Å²) in [4.78, 5) is 30.6. The number of para-hydroxylation sites is 1. The molecule has 4 aromatic rings. The van der Waals surface area contributed by atoms with Crippen LogP contribution < -0.4 is 16.2 Å². The molecular formula is C32H36N4O2. The number of rotatable bonds is 7. The van der Waals surface area contributed by atoms with E-state index in [1.54, 1.807) is 4.57 Å². The molecule has 196 valence electrons. The Hall–Kier alpha value is -3.74. The lowest BCUT2D eigenvalue weighted by atomic mass is 9.99. The zero-order valence-electron chi connectivity index (χ0n) is 22.4. The zero-order chi connectivity index (χ0) is 26.6. The van der Waals surface area contributed by atoms with Crippen molar-refractivity contribution < 1.29 is 4.79 Å². The molecule has 0 radical (unpaired) electrons. The number of carbonyl (C=O) groups is 1. The highest BCUT2D eigenvalue weighted by atomic mass is 16.2. The Kier molecular flexibility index (Phi) is 7.72. The molecule has 6 heteroatoms. The SMILES string of the molecule is CC[C@H](NC(=O)c1c(CN2CC(C)NC(C)C2)n(-c2ccccc2)c(=O)c2ccccc12)c1ccccc1. The van der Waals surface area contributed by atoms with Gasteiger partial charge in [-0.2, -0.15) is 0 Å². The molecule has 0 spiro atoms. The van der Waals surface area contributed by atoms with Crippen molar-refractivity contribution in [3.63, 3.8) is 0 Å². The van der Waals surface area contributed by atoms with E-state index in [-0.39, 0.29) is 17.5 Å². The largest absolute Gasteiger partial charge is 0.345 e. The van der Waals surface area contributed by atoms with Gasteiger partial charge in [0.15, 0.2) is 0 Å². The number of benzene rings is 3. The Morgan fingerprint density at radius 2 is 1.47 bits per heavy atom. The normalized spacial score (nSPS) is 18.8. The average molecular weight is 509 g/mol. The van der Waals surface area contributed by atoms with Crippen LogP contribution in [0.1, 0.15) is 54.8 Å². The predicted octanol–water partition coefficient (Wildman–Crippen LogP) is 5.05. The Morgan fingerprint density at radius 1 is 0.895 bits per heavy atom. The van der Waals surface area contributed by atoms with Crippen molar-refractivity contribution in [3.05, 3.63) is 112 Å². The van der Waals surface area contributed by atoms with Crippen LogP contribution >= 0.6 is 0 Å². The van der Waals surface area contributed by atoms with E-state index in [9.17, 15) is 9.59 Å². The van der Waals surface area contributed by atoms with Crippen molar-refractivity contribution in [2.75, 3.05) is 13.1 Å². The van der Waals surface area contributed by atoms with Gasteiger partial charge in [-0.3, -0.25) is 19.1 Å². The first kappa shape index (κ1) is 25.9. The van der Waals surface area contributed by atoms with Gasteiger partial charge in [0.25, 0.3) is 11.5 Å². The van der Waals surface area contributed by atoms with Gasteiger partial charge in [0.1, 0.15) is 0 Å². The molecule has 5 rings (SSSR count). The van der Waals surface area contributed by atoms with Crippen LogP contribution in [-0.2, 0) is 6.54 Å². The van der Waals surface area contributed by atoms with Crippen LogP contribution in [0.2, 0.25) is 0 Å². The number of amides is 1. The van der Waals surface area contributed by atoms with Gasteiger partial charge >= 0.3 is 0 Å². The summed E-state index contributed by atoms with van der Waals surface area (Å²) in [5, 5.41) is 8.11. The van der Waals surface area contributed by atoms with E-state index >= 15 is 0 Å². The summed E-state index contributed by atoms with van der Waals surface area (Å²) in [5.41, 5.74) is 3.01. The van der Waals surface area contributed by atoms with Gasteiger partial charge in [-0.25, -0.2) is 0 Å². The number of carbonyl (C=O) groups excluding carboxylic acids is 1. The molecule has 1 amide bonds. The molecule has 1 saturated heterocycles. The molecule has 2 unspecified atom stereocenters. The van der Waals surface area contributed by atoms with E-state index < -0.39 is 0 Å². The summed E-state index contributed by atoms with van der Waals surface area (Å²) in [6, 6.07) is 27.7. The lowest BCUT2D eigenvalue weighted by Crippen LogP contribution is -2.54. The second-order valence-corrected chi connectivity index (χ2v) is 10.4. The third-order valence-electron chi connectivity index (χ3n) is 7.35. The number of hydrogen-bond donors (Lipinski definition) is 2. The van der Waals surface area contributed by atoms with Crippen LogP contribution in [0.15, 0.2) is 89.7 Å². The van der Waals surface area contributed by atoms with E-state index in [0.717, 1.165) is 36.5 Å². The predicted molar refractivity (Wildman–Crippen MR) is 154 cm³/mol. The number of aromatic nitrogens is 1. The molecule has 0 bridgehead atoms. The van der Waals surface area contributed by atoms with E-state index in [2.05, 4.69) is 36.3 Å². The smallest absolute Gasteiger partial charge is 0.263 e. The first-order valence-corrected chi connectivity index (χ1v) is 13.5. The molecule has 1 aliphatic heterocycles. The van der Waals surface area contributed by atoms with Crippen molar-refractivity contribution >= 4 is 16.7 Å². The van der Waals surface area contributed by atoms with Gasteiger partial charge in [0, 0.05) is 48.2 Å². The van der Waals surface area contributed by atoms with Gasteiger partial charge in [-0.05, 0) is 44.0 Å². The summed E-state index contributed by atoms with van der Waals surface area (Å²) < 4.78 is 1.75. The van der Waals surface area contributed by atoms with Gasteiger partial charge in [0.05, 0.1) is 17.3 Å². The molecule has 3 atom stereocenters. The zero-order valence-corrected chi connectivity index (χ0v) is 22.4. The van der Waals surface area contributed by atoms with Crippen molar-refractivity contribution in [1.82, 2.24) is 20.1 Å². The third kappa shape index (κ3) is 5.28. The topological polar surface area (TPSA) is 66.4 Å². The fourth-order valence-electron chi connectivity index (χ4n) is 5.77. The maximum absolute atomic E-state index is 14.2. The molecule has 38 heavy (non-hydrogen) atoms. The number of hydrogen-bond acceptors (Lipinski definition) is 4. The second kappa shape index (κ2) is 11.3. The quantitative estimate of drug-likeness (QED) is 0.367. The summed E-state index contributed by atoms with van der Waals surface area (Å²) in [6.07, 6.45) is 0.758. The van der Waals surface area contributed by atoms with Gasteiger partial charge in [-0.1, -0.05) is 73.7 Å². The van der Waals surface area contributed by atoms with Crippen LogP contribution in [0.3, 0.4) is 0 Å². The molecule has 0 aliphatic carbocycles. The highest BCUT2D eigenvalue weighted by Crippen LogP contribution is 2.26. The Balaban J connectivity index is 1.70. The van der Waals surface area contributed by atoms with Crippen molar-refractivity contribution in [2.45, 2.75) is 51.9 Å². The standard InChI is InChI=1S/C32H36N4O2/c1-4-28(24-13-7-5-8-14-24)34-31(37)30-26-17-11-12-18-27(26)32(38)36(25-15-9-6-10-16-25)29(30)21-35-19-22(2)33-23(3)20-35/h5-18,22-23,28,33H,4,19-21H2,1-3H3,(H,34,37)/t22?,23?,28-/m0/s1. The van der Waals surface area contributed by atoms with Crippen molar-refractivity contribution in [3.8, 4) is 5.69 Å². The van der Waals surface area contributed by atoms with E-state index in [4.69, 9.17) is 0 Å². The van der Waals surface area contributed by atoms with Crippen LogP contribution in [0, 0.1) is 0 Å². The summed E-state index contributed by atoms with van der Waals surface area (Å²) >= 11 is 0. The van der Waals surface area contributed by atoms with Gasteiger partial charge in [0.2, 0.25) is 0 Å². The summed E-state index contributed by atoms with van der Waals surface area (Å²) in [7, 11) is 0. The summed E-state index contributed by atoms with van der Waals surface area (Å²) in [5.74, 6) is -0.159. The van der Waals surface area contributed by atoms with Crippen LogP contribution in [0.4, 0.5) is 0 Å². The minimum atomic E-state index is -0.159. The maximum Gasteiger partial charge on any atom is 0.263 e. The van der Waals surface area contributed by atoms with E-state index in [1.807, 2.05) is 84.9 Å². The Morgan fingerprint density at radius 3 is 2.11 bits per heavy atom. The fraction of sp³-hybridized carbons (Fsp3) is 0.312. The first-order valence-electron chi connectivity index (χ1n) is 13.5. The van der Waals surface area contributed by atoms with Crippen molar-refractivity contribution in [1.29, 1.82) is 0 Å². The lowest BCUT2D eigenvalue weighted by molar-refractivity contribution is 0.0933. The molecular weight excluding hydrogens is 472 g/mol. The lowest BCUT2D eigenvalue weighted by Gasteiger charge is -2.37. The maximum atomic E-state index is 14.2. The molecule has 1 fully saturated rings. The number of pyridine rings is 1. The Labute approximate surface area is 224 Å². The second-order valence-electron chi connectivity index (χ2n) is 10.4. The number of fused-ring (bicyclic) bond motifs is 1. The number of nitrogens with zero attached hydrogens (tertiary/aromatic N) is 2. The molecule has 6 nitrogen and oxygen atoms in total. The van der Waals surface area contributed by atoms with Crippen LogP contribution in [0.25, 0.3) is 16.5 Å². The van der Waals surface area contributed by atoms with Gasteiger partial charge < -0.3 is 10.6 Å². The highest BCUT2D eigenvalue weighted by molar-refractivity contribution is 6.08. The number of piperazine rings is 1. The van der Waals surface area contributed by atoms with E-state index in [1.165, 1.54) is 0 Å². The van der Waals surface area contributed by atoms with E-state index in [0.29, 0.717) is 35.0 Å². The molecule has 1 aromatic heterocycles. The minimum Gasteiger partial charge on any atom is -0.345 e. The Bertz CT molecular complexity index is 1460. The monoisotopic (exact) mass is 508 g/mol. The average Bonchev–Trinajstić information content (AvgIpc) is 2.92. The molecule has 2 heterocycles. The minimum absolute atomic E-state index is 0.107. The first-order chi connectivity index (χ1) is 18.5. The molecule has 1 aliphatic rings. The molecule has 2 N–H and O–H groups in total. The summed E-state index contributed by atoms with van der Waals surface area (Å²) in [6.45, 7) is 8.59. The third-order valence-corrected chi connectivity index (χ3v) is 7.35. The van der Waals surface area contributed by atoms with Crippen LogP contribution in [-0.4, -0.2) is 40.5 Å². The molecule has 0 saturated carbocycles. The van der Waals surface area contributed by atoms with Gasteiger partial charge in [-0.15, -0.1) is 0 Å². The number of nitrogens with one attached hydrogen (secondary N) is 2. The van der Waals surface area contributed by atoms with Crippen LogP contribution in [0.5, 0.6) is 0 Å². The molecule has 3 aromatic carbocycles.